The first-order valence-corrected chi connectivity index (χ1v) is 6.81. The van der Waals surface area contributed by atoms with E-state index in [2.05, 4.69) is 10.2 Å². The molecule has 0 radical (unpaired) electrons. The van der Waals surface area contributed by atoms with Crippen LogP contribution in [0.15, 0.2) is 42.5 Å². The molecule has 0 unspecified atom stereocenters. The highest BCUT2D eigenvalue weighted by Gasteiger charge is 2.19. The smallest absolute Gasteiger partial charge is 0.153 e. The molecule has 0 spiro atoms. The number of aromatic amines is 1. The van der Waals surface area contributed by atoms with Crippen LogP contribution in [0.3, 0.4) is 0 Å². The average molecular weight is 302 g/mol. The van der Waals surface area contributed by atoms with Gasteiger partial charge in [-0.05, 0) is 18.6 Å². The van der Waals surface area contributed by atoms with E-state index in [1.54, 1.807) is 18.2 Å². The normalized spacial score (nSPS) is 10.8. The highest BCUT2D eigenvalue weighted by atomic mass is 35.5. The summed E-state index contributed by atoms with van der Waals surface area (Å²) in [4.78, 5) is 0. The average Bonchev–Trinajstić information content (AvgIpc) is 2.84. The molecule has 3 rings (SSSR count). The van der Waals surface area contributed by atoms with Gasteiger partial charge in [-0.25, -0.2) is 4.39 Å². The molecule has 1 heterocycles. The third kappa shape index (κ3) is 2.28. The molecule has 21 heavy (non-hydrogen) atoms. The van der Waals surface area contributed by atoms with Gasteiger partial charge < -0.3 is 5.73 Å². The molecular weight excluding hydrogens is 289 g/mol. The van der Waals surface area contributed by atoms with Gasteiger partial charge in [-0.15, -0.1) is 0 Å². The number of nitrogens with one attached hydrogen (secondary N) is 1. The number of aromatic nitrogens is 2. The van der Waals surface area contributed by atoms with Crippen molar-refractivity contribution in [2.45, 2.75) is 6.92 Å². The van der Waals surface area contributed by atoms with Crippen LogP contribution in [0.25, 0.3) is 22.4 Å². The standard InChI is InChI=1S/C16H13ClFN3/c1-9-5-4-7-11(14(9)17)15-13(16(19)21-20-15)10-6-2-3-8-12(10)18/h2-8H,1H3,(H3,19,20,21). The molecule has 0 aliphatic heterocycles. The maximum atomic E-state index is 14.1. The summed E-state index contributed by atoms with van der Waals surface area (Å²) < 4.78 is 14.1. The number of rotatable bonds is 2. The number of hydrogen-bond donors (Lipinski definition) is 2. The van der Waals surface area contributed by atoms with Crippen molar-refractivity contribution in [1.82, 2.24) is 10.2 Å². The highest BCUT2D eigenvalue weighted by molar-refractivity contribution is 6.34. The van der Waals surface area contributed by atoms with E-state index in [9.17, 15) is 4.39 Å². The number of H-pyrrole nitrogens is 1. The second-order valence-electron chi connectivity index (χ2n) is 4.78. The Morgan fingerprint density at radius 3 is 2.57 bits per heavy atom. The summed E-state index contributed by atoms with van der Waals surface area (Å²) in [5, 5.41) is 7.46. The zero-order valence-corrected chi connectivity index (χ0v) is 12.1. The van der Waals surface area contributed by atoms with E-state index in [0.717, 1.165) is 11.1 Å². The summed E-state index contributed by atoms with van der Waals surface area (Å²) in [5.41, 5.74) is 9.14. The van der Waals surface area contributed by atoms with E-state index in [0.29, 0.717) is 21.8 Å². The minimum Gasteiger partial charge on any atom is -0.382 e. The van der Waals surface area contributed by atoms with E-state index in [-0.39, 0.29) is 11.6 Å². The number of hydrogen-bond acceptors (Lipinski definition) is 2. The number of nitrogen functional groups attached to an aromatic ring is 1. The molecule has 106 valence electrons. The van der Waals surface area contributed by atoms with Crippen molar-refractivity contribution < 1.29 is 4.39 Å². The lowest BCUT2D eigenvalue weighted by molar-refractivity contribution is 0.631. The van der Waals surface area contributed by atoms with Crippen LogP contribution >= 0.6 is 11.6 Å². The second-order valence-corrected chi connectivity index (χ2v) is 5.15. The van der Waals surface area contributed by atoms with Crippen LogP contribution in [-0.4, -0.2) is 10.2 Å². The zero-order chi connectivity index (χ0) is 15.0. The lowest BCUT2D eigenvalue weighted by Gasteiger charge is -2.09. The summed E-state index contributed by atoms with van der Waals surface area (Å²) in [7, 11) is 0. The van der Waals surface area contributed by atoms with Gasteiger partial charge in [0, 0.05) is 11.1 Å². The first kappa shape index (κ1) is 13.6. The number of aryl methyl sites for hydroxylation is 1. The van der Waals surface area contributed by atoms with Crippen LogP contribution in [-0.2, 0) is 0 Å². The Bertz CT molecular complexity index is 811. The quantitative estimate of drug-likeness (QED) is 0.736. The fraction of sp³-hybridized carbons (Fsp3) is 0.0625. The van der Waals surface area contributed by atoms with Gasteiger partial charge in [0.1, 0.15) is 5.82 Å². The van der Waals surface area contributed by atoms with Crippen molar-refractivity contribution in [3.8, 4) is 22.4 Å². The fourth-order valence-corrected chi connectivity index (χ4v) is 2.55. The van der Waals surface area contributed by atoms with Crippen molar-refractivity contribution in [1.29, 1.82) is 0 Å². The van der Waals surface area contributed by atoms with Crippen molar-refractivity contribution >= 4 is 17.4 Å². The van der Waals surface area contributed by atoms with Gasteiger partial charge in [-0.2, -0.15) is 5.10 Å². The van der Waals surface area contributed by atoms with Crippen LogP contribution in [0.4, 0.5) is 10.2 Å². The Balaban J connectivity index is 2.28. The Morgan fingerprint density at radius 2 is 1.81 bits per heavy atom. The van der Waals surface area contributed by atoms with Gasteiger partial charge in [0.15, 0.2) is 5.82 Å². The van der Waals surface area contributed by atoms with Crippen LogP contribution in [0.5, 0.6) is 0 Å². The molecule has 2 aromatic carbocycles. The zero-order valence-electron chi connectivity index (χ0n) is 11.3. The molecule has 0 aliphatic rings. The van der Waals surface area contributed by atoms with Crippen LogP contribution < -0.4 is 5.73 Å². The largest absolute Gasteiger partial charge is 0.382 e. The van der Waals surface area contributed by atoms with Crippen molar-refractivity contribution in [2.24, 2.45) is 0 Å². The minimum atomic E-state index is -0.351. The Kier molecular flexibility index (Phi) is 3.39. The number of halogens is 2. The first-order chi connectivity index (χ1) is 10.1. The Labute approximate surface area is 126 Å². The minimum absolute atomic E-state index is 0.243. The molecule has 0 fully saturated rings. The molecule has 0 amide bonds. The molecule has 0 bridgehead atoms. The molecule has 1 aromatic heterocycles. The SMILES string of the molecule is Cc1cccc(-c2[nH]nc(N)c2-c2ccccc2F)c1Cl. The Morgan fingerprint density at radius 1 is 1.10 bits per heavy atom. The van der Waals surface area contributed by atoms with E-state index in [1.807, 2.05) is 25.1 Å². The molecule has 3 aromatic rings. The number of nitrogens with zero attached hydrogens (tertiary/aromatic N) is 1. The maximum Gasteiger partial charge on any atom is 0.153 e. The lowest BCUT2D eigenvalue weighted by Crippen LogP contribution is -1.92. The molecule has 5 heteroatoms. The van der Waals surface area contributed by atoms with Gasteiger partial charge in [-0.3, -0.25) is 5.10 Å². The van der Waals surface area contributed by atoms with Gasteiger partial charge in [0.05, 0.1) is 16.3 Å². The van der Waals surface area contributed by atoms with Crippen molar-refractivity contribution in [3.05, 3.63) is 58.9 Å². The Hall–Kier alpha value is -2.33. The van der Waals surface area contributed by atoms with Crippen LogP contribution in [0.2, 0.25) is 5.02 Å². The van der Waals surface area contributed by atoms with E-state index >= 15 is 0 Å². The predicted octanol–water partition coefficient (Wildman–Crippen LogP) is 4.43. The lowest BCUT2D eigenvalue weighted by atomic mass is 9.99. The summed E-state index contributed by atoms with van der Waals surface area (Å²) in [5.74, 6) is -0.108. The topological polar surface area (TPSA) is 54.7 Å². The van der Waals surface area contributed by atoms with Crippen LogP contribution in [0, 0.1) is 12.7 Å². The van der Waals surface area contributed by atoms with Gasteiger partial charge in [0.25, 0.3) is 0 Å². The molecule has 0 saturated heterocycles. The second kappa shape index (κ2) is 5.22. The first-order valence-electron chi connectivity index (χ1n) is 6.44. The monoisotopic (exact) mass is 301 g/mol. The van der Waals surface area contributed by atoms with E-state index < -0.39 is 0 Å². The van der Waals surface area contributed by atoms with Gasteiger partial charge >= 0.3 is 0 Å². The number of nitrogens with two attached hydrogens (primary N) is 1. The molecule has 3 nitrogen and oxygen atoms in total. The number of benzene rings is 2. The summed E-state index contributed by atoms with van der Waals surface area (Å²) in [6, 6.07) is 12.1. The fourth-order valence-electron chi connectivity index (χ4n) is 2.33. The van der Waals surface area contributed by atoms with E-state index in [1.165, 1.54) is 6.07 Å². The summed E-state index contributed by atoms with van der Waals surface area (Å²) in [6.45, 7) is 1.91. The van der Waals surface area contributed by atoms with Gasteiger partial charge in [0.2, 0.25) is 0 Å². The molecular formula is C16H13ClFN3. The molecule has 0 atom stereocenters. The maximum absolute atomic E-state index is 14.1. The van der Waals surface area contributed by atoms with Crippen molar-refractivity contribution in [2.75, 3.05) is 5.73 Å². The molecule has 3 N–H and O–H groups in total. The molecule has 0 saturated carbocycles. The number of anilines is 1. The van der Waals surface area contributed by atoms with Gasteiger partial charge in [-0.1, -0.05) is 48.0 Å². The van der Waals surface area contributed by atoms with E-state index in [4.69, 9.17) is 17.3 Å². The van der Waals surface area contributed by atoms with Crippen LogP contribution in [0.1, 0.15) is 5.56 Å². The van der Waals surface area contributed by atoms with Crippen molar-refractivity contribution in [3.63, 3.8) is 0 Å². The summed E-state index contributed by atoms with van der Waals surface area (Å²) >= 11 is 6.35. The third-order valence-corrected chi connectivity index (χ3v) is 3.90. The third-order valence-electron chi connectivity index (χ3n) is 3.40. The summed E-state index contributed by atoms with van der Waals surface area (Å²) in [6.07, 6.45) is 0. The predicted molar refractivity (Wildman–Crippen MR) is 83.6 cm³/mol. The molecule has 0 aliphatic carbocycles. The highest BCUT2D eigenvalue weighted by Crippen LogP contribution is 2.39.